The normalized spacial score (nSPS) is 15.5. The Kier molecular flexibility index (Phi) is 4.20. The molecule has 0 unspecified atom stereocenters. The second-order valence-corrected chi connectivity index (χ2v) is 6.13. The van der Waals surface area contributed by atoms with Crippen molar-refractivity contribution < 1.29 is 9.18 Å². The van der Waals surface area contributed by atoms with E-state index in [0.29, 0.717) is 6.04 Å². The second kappa shape index (κ2) is 6.26. The van der Waals surface area contributed by atoms with Crippen molar-refractivity contribution >= 4 is 17.7 Å². The molecule has 21 heavy (non-hydrogen) atoms. The minimum atomic E-state index is -0.416. The van der Waals surface area contributed by atoms with Gasteiger partial charge in [0.05, 0.1) is 5.03 Å². The van der Waals surface area contributed by atoms with E-state index in [9.17, 15) is 9.18 Å². The Morgan fingerprint density at radius 2 is 2.00 bits per heavy atom. The Balaban J connectivity index is 1.82. The number of pyridine rings is 1. The molecule has 0 spiro atoms. The summed E-state index contributed by atoms with van der Waals surface area (Å²) in [5.74, 6) is -0.345. The lowest BCUT2D eigenvalue weighted by atomic mass is 10.1. The van der Waals surface area contributed by atoms with Crippen molar-refractivity contribution in [1.82, 2.24) is 10.3 Å². The number of benzene rings is 1. The summed E-state index contributed by atoms with van der Waals surface area (Å²) in [4.78, 5) is 16.7. The van der Waals surface area contributed by atoms with E-state index < -0.39 is 5.25 Å². The molecule has 0 bridgehead atoms. The molecule has 1 saturated carbocycles. The quantitative estimate of drug-likeness (QED) is 0.861. The van der Waals surface area contributed by atoms with Crippen LogP contribution < -0.4 is 5.32 Å². The van der Waals surface area contributed by atoms with E-state index in [1.807, 2.05) is 18.2 Å². The lowest BCUT2D eigenvalue weighted by molar-refractivity contribution is -0.120. The number of halogens is 1. The zero-order valence-electron chi connectivity index (χ0n) is 11.3. The zero-order chi connectivity index (χ0) is 14.7. The lowest BCUT2D eigenvalue weighted by Gasteiger charge is -2.16. The molecule has 2 aromatic rings. The molecule has 0 saturated heterocycles. The predicted octanol–water partition coefficient (Wildman–Crippen LogP) is 3.33. The van der Waals surface area contributed by atoms with Crippen LogP contribution in [0.1, 0.15) is 23.7 Å². The van der Waals surface area contributed by atoms with Crippen molar-refractivity contribution in [2.45, 2.75) is 29.2 Å². The van der Waals surface area contributed by atoms with E-state index in [1.54, 1.807) is 18.3 Å². The molecule has 1 amide bonds. The molecule has 0 radical (unpaired) electrons. The van der Waals surface area contributed by atoms with Crippen molar-refractivity contribution in [2.24, 2.45) is 0 Å². The molecular weight excluding hydrogens is 287 g/mol. The van der Waals surface area contributed by atoms with Gasteiger partial charge in [0, 0.05) is 12.2 Å². The summed E-state index contributed by atoms with van der Waals surface area (Å²) in [5, 5.41) is 3.37. The number of nitrogens with zero attached hydrogens (tertiary/aromatic N) is 1. The number of hydrogen-bond donors (Lipinski definition) is 1. The molecule has 1 N–H and O–H groups in total. The molecule has 108 valence electrons. The third-order valence-corrected chi connectivity index (χ3v) is 4.42. The fraction of sp³-hybridized carbons (Fsp3) is 0.250. The van der Waals surface area contributed by atoms with Crippen molar-refractivity contribution in [3.63, 3.8) is 0 Å². The molecule has 1 aliphatic rings. The Bertz CT molecular complexity index is 614. The van der Waals surface area contributed by atoms with Crippen LogP contribution >= 0.6 is 11.8 Å². The van der Waals surface area contributed by atoms with E-state index in [2.05, 4.69) is 10.3 Å². The average molecular weight is 302 g/mol. The number of rotatable bonds is 5. The molecule has 1 aliphatic carbocycles. The SMILES string of the molecule is O=C(NC1CC1)[C@H](Sc1ccccn1)c1ccc(F)cc1. The van der Waals surface area contributed by atoms with Gasteiger partial charge in [-0.2, -0.15) is 0 Å². The van der Waals surface area contributed by atoms with Gasteiger partial charge in [-0.25, -0.2) is 9.37 Å². The number of aromatic nitrogens is 1. The molecular formula is C16H15FN2OS. The van der Waals surface area contributed by atoms with Gasteiger partial charge in [0.25, 0.3) is 0 Å². The van der Waals surface area contributed by atoms with Crippen LogP contribution in [0.4, 0.5) is 4.39 Å². The zero-order valence-corrected chi connectivity index (χ0v) is 12.1. The van der Waals surface area contributed by atoms with E-state index in [1.165, 1.54) is 23.9 Å². The Morgan fingerprint density at radius 1 is 1.24 bits per heavy atom. The number of amides is 1. The van der Waals surface area contributed by atoms with Crippen molar-refractivity contribution in [3.8, 4) is 0 Å². The van der Waals surface area contributed by atoms with Gasteiger partial charge in [0.2, 0.25) is 5.91 Å². The molecule has 1 aromatic heterocycles. The average Bonchev–Trinajstić information content (AvgIpc) is 3.31. The predicted molar refractivity (Wildman–Crippen MR) is 80.4 cm³/mol. The molecule has 5 heteroatoms. The van der Waals surface area contributed by atoms with Crippen LogP contribution in [-0.4, -0.2) is 16.9 Å². The first kappa shape index (κ1) is 14.1. The molecule has 1 atom stereocenters. The fourth-order valence-corrected chi connectivity index (χ4v) is 2.94. The molecule has 3 rings (SSSR count). The maximum absolute atomic E-state index is 13.1. The summed E-state index contributed by atoms with van der Waals surface area (Å²) in [7, 11) is 0. The van der Waals surface area contributed by atoms with Gasteiger partial charge in [0.15, 0.2) is 0 Å². The van der Waals surface area contributed by atoms with E-state index in [4.69, 9.17) is 0 Å². The first-order chi connectivity index (χ1) is 10.2. The minimum absolute atomic E-state index is 0.0419. The highest BCUT2D eigenvalue weighted by Gasteiger charge is 2.29. The third kappa shape index (κ3) is 3.82. The first-order valence-electron chi connectivity index (χ1n) is 6.86. The smallest absolute Gasteiger partial charge is 0.238 e. The molecule has 3 nitrogen and oxygen atoms in total. The van der Waals surface area contributed by atoms with Crippen LogP contribution in [0.2, 0.25) is 0 Å². The number of carbonyl (C=O) groups is 1. The van der Waals surface area contributed by atoms with Crippen molar-refractivity contribution in [2.75, 3.05) is 0 Å². The highest BCUT2D eigenvalue weighted by molar-refractivity contribution is 8.00. The minimum Gasteiger partial charge on any atom is -0.352 e. The van der Waals surface area contributed by atoms with Crippen LogP contribution in [-0.2, 0) is 4.79 Å². The maximum Gasteiger partial charge on any atom is 0.238 e. The Morgan fingerprint density at radius 3 is 2.62 bits per heavy atom. The molecule has 1 heterocycles. The van der Waals surface area contributed by atoms with Gasteiger partial charge in [-0.1, -0.05) is 30.0 Å². The topological polar surface area (TPSA) is 42.0 Å². The number of hydrogen-bond acceptors (Lipinski definition) is 3. The van der Waals surface area contributed by atoms with Gasteiger partial charge in [-0.15, -0.1) is 0 Å². The largest absolute Gasteiger partial charge is 0.352 e. The summed E-state index contributed by atoms with van der Waals surface area (Å²) in [6, 6.07) is 12.0. The maximum atomic E-state index is 13.1. The molecule has 1 fully saturated rings. The van der Waals surface area contributed by atoms with Gasteiger partial charge in [-0.3, -0.25) is 4.79 Å². The van der Waals surface area contributed by atoms with Crippen LogP contribution in [0.25, 0.3) is 0 Å². The summed E-state index contributed by atoms with van der Waals surface area (Å²) < 4.78 is 13.1. The molecule has 0 aliphatic heterocycles. The standard InChI is InChI=1S/C16H15FN2OS/c17-12-6-4-11(5-7-12)15(16(20)19-13-8-9-13)21-14-3-1-2-10-18-14/h1-7,10,13,15H,8-9H2,(H,19,20)/t15-/m1/s1. The highest BCUT2D eigenvalue weighted by Crippen LogP contribution is 2.35. The molecule has 1 aromatic carbocycles. The summed E-state index contributed by atoms with van der Waals surface area (Å²) in [6.45, 7) is 0. The van der Waals surface area contributed by atoms with E-state index in [-0.39, 0.29) is 11.7 Å². The fourth-order valence-electron chi connectivity index (χ4n) is 1.95. The van der Waals surface area contributed by atoms with Gasteiger partial charge >= 0.3 is 0 Å². The van der Waals surface area contributed by atoms with Gasteiger partial charge in [-0.05, 0) is 42.7 Å². The van der Waals surface area contributed by atoms with E-state index in [0.717, 1.165) is 23.4 Å². The van der Waals surface area contributed by atoms with Crippen molar-refractivity contribution in [1.29, 1.82) is 0 Å². The lowest BCUT2D eigenvalue weighted by Crippen LogP contribution is -2.29. The summed E-state index contributed by atoms with van der Waals surface area (Å²) >= 11 is 1.38. The van der Waals surface area contributed by atoms with Crippen LogP contribution in [0.3, 0.4) is 0 Å². The van der Waals surface area contributed by atoms with E-state index >= 15 is 0 Å². The van der Waals surface area contributed by atoms with Crippen LogP contribution in [0.15, 0.2) is 53.7 Å². The van der Waals surface area contributed by atoms with Crippen LogP contribution in [0, 0.1) is 5.82 Å². The Labute approximate surface area is 127 Å². The number of thioether (sulfide) groups is 1. The second-order valence-electron chi connectivity index (χ2n) is 5.00. The summed E-state index contributed by atoms with van der Waals surface area (Å²) in [6.07, 6.45) is 3.77. The number of nitrogens with one attached hydrogen (secondary N) is 1. The number of carbonyl (C=O) groups excluding carboxylic acids is 1. The van der Waals surface area contributed by atoms with Gasteiger partial charge in [0.1, 0.15) is 11.1 Å². The van der Waals surface area contributed by atoms with Crippen LogP contribution in [0.5, 0.6) is 0 Å². The Hall–Kier alpha value is -1.88. The third-order valence-electron chi connectivity index (χ3n) is 3.21. The van der Waals surface area contributed by atoms with Gasteiger partial charge < -0.3 is 5.32 Å². The highest BCUT2D eigenvalue weighted by atomic mass is 32.2. The summed E-state index contributed by atoms with van der Waals surface area (Å²) in [5.41, 5.74) is 0.783. The van der Waals surface area contributed by atoms with Crippen molar-refractivity contribution in [3.05, 3.63) is 60.0 Å². The first-order valence-corrected chi connectivity index (χ1v) is 7.74. The monoisotopic (exact) mass is 302 g/mol.